The molecule has 1 aliphatic heterocycles. The van der Waals surface area contributed by atoms with Crippen molar-refractivity contribution in [2.75, 3.05) is 18.6 Å². The van der Waals surface area contributed by atoms with Gasteiger partial charge in [0, 0.05) is 6.54 Å². The molecule has 2 aliphatic rings. The van der Waals surface area contributed by atoms with Gasteiger partial charge in [-0.15, -0.1) is 0 Å². The van der Waals surface area contributed by atoms with Crippen LogP contribution in [0.15, 0.2) is 0 Å². The van der Waals surface area contributed by atoms with E-state index in [2.05, 4.69) is 25.4 Å². The number of hydrogen-bond donors (Lipinski definition) is 1. The van der Waals surface area contributed by atoms with Crippen LogP contribution in [0.3, 0.4) is 0 Å². The first-order valence-corrected chi connectivity index (χ1v) is 9.03. The summed E-state index contributed by atoms with van der Waals surface area (Å²) in [7, 11) is 0. The van der Waals surface area contributed by atoms with E-state index in [1.54, 1.807) is 11.8 Å². The van der Waals surface area contributed by atoms with E-state index in [1.807, 2.05) is 4.90 Å². The van der Waals surface area contributed by atoms with Gasteiger partial charge >= 0.3 is 0 Å². The van der Waals surface area contributed by atoms with Gasteiger partial charge in [0.25, 0.3) is 0 Å². The minimum absolute atomic E-state index is 0.0550. The summed E-state index contributed by atoms with van der Waals surface area (Å²) in [5.74, 6) is 2.04. The van der Waals surface area contributed by atoms with Gasteiger partial charge in [0.15, 0.2) is 0 Å². The lowest BCUT2D eigenvalue weighted by atomic mass is 9.96. The van der Waals surface area contributed by atoms with Crippen LogP contribution in [-0.2, 0) is 9.59 Å². The Morgan fingerprint density at radius 3 is 2.60 bits per heavy atom. The Morgan fingerprint density at radius 2 is 2.05 bits per heavy atom. The van der Waals surface area contributed by atoms with Crippen LogP contribution in [0, 0.1) is 11.8 Å². The first-order valence-electron chi connectivity index (χ1n) is 7.64. The summed E-state index contributed by atoms with van der Waals surface area (Å²) in [6.07, 6.45) is 5.94. The fourth-order valence-corrected chi connectivity index (χ4v) is 3.28. The third-order valence-electron chi connectivity index (χ3n) is 4.06. The molecule has 2 rings (SSSR count). The first kappa shape index (κ1) is 15.7. The Kier molecular flexibility index (Phi) is 5.35. The summed E-state index contributed by atoms with van der Waals surface area (Å²) in [6.45, 7) is 4.92. The molecule has 1 aliphatic carbocycles. The number of amides is 2. The molecule has 1 saturated carbocycles. The predicted molar refractivity (Wildman–Crippen MR) is 82.6 cm³/mol. The maximum absolute atomic E-state index is 12.6. The van der Waals surface area contributed by atoms with Gasteiger partial charge in [0.05, 0.1) is 0 Å². The first-order chi connectivity index (χ1) is 9.54. The van der Waals surface area contributed by atoms with E-state index < -0.39 is 0 Å². The van der Waals surface area contributed by atoms with E-state index in [9.17, 15) is 9.59 Å². The van der Waals surface area contributed by atoms with E-state index in [1.165, 1.54) is 0 Å². The molecule has 2 fully saturated rings. The maximum Gasteiger partial charge on any atom is 0.246 e. The number of nitrogens with zero attached hydrogens (tertiary/aromatic N) is 1. The van der Waals surface area contributed by atoms with E-state index in [0.717, 1.165) is 31.4 Å². The van der Waals surface area contributed by atoms with Crippen LogP contribution in [0.4, 0.5) is 0 Å². The van der Waals surface area contributed by atoms with Crippen molar-refractivity contribution in [3.05, 3.63) is 0 Å². The molecule has 4 nitrogen and oxygen atoms in total. The summed E-state index contributed by atoms with van der Waals surface area (Å²) >= 11 is 1.79. The molecule has 1 N–H and O–H groups in total. The zero-order valence-electron chi connectivity index (χ0n) is 12.7. The Morgan fingerprint density at radius 1 is 1.35 bits per heavy atom. The molecular weight excluding hydrogens is 272 g/mol. The molecule has 0 bridgehead atoms. The second-order valence-corrected chi connectivity index (χ2v) is 7.33. The Balaban J connectivity index is 2.07. The van der Waals surface area contributed by atoms with Crippen molar-refractivity contribution in [3.8, 4) is 0 Å². The lowest BCUT2D eigenvalue weighted by Crippen LogP contribution is -2.64. The number of piperazine rings is 1. The molecule has 2 unspecified atom stereocenters. The lowest BCUT2D eigenvalue weighted by Gasteiger charge is -2.40. The fraction of sp³-hybridized carbons (Fsp3) is 0.867. The number of hydrogen-bond acceptors (Lipinski definition) is 3. The molecule has 2 amide bonds. The van der Waals surface area contributed by atoms with Gasteiger partial charge in [0.1, 0.15) is 12.1 Å². The topological polar surface area (TPSA) is 49.4 Å². The molecule has 5 heteroatoms. The van der Waals surface area contributed by atoms with Crippen molar-refractivity contribution in [2.24, 2.45) is 11.8 Å². The van der Waals surface area contributed by atoms with E-state index >= 15 is 0 Å². The zero-order valence-corrected chi connectivity index (χ0v) is 13.5. The van der Waals surface area contributed by atoms with E-state index in [4.69, 9.17) is 0 Å². The summed E-state index contributed by atoms with van der Waals surface area (Å²) in [4.78, 5) is 26.9. The average Bonchev–Trinajstić information content (AvgIpc) is 3.21. The van der Waals surface area contributed by atoms with Crippen LogP contribution < -0.4 is 5.32 Å². The largest absolute Gasteiger partial charge is 0.342 e. The van der Waals surface area contributed by atoms with Crippen LogP contribution in [-0.4, -0.2) is 47.4 Å². The van der Waals surface area contributed by atoms with Crippen molar-refractivity contribution in [1.29, 1.82) is 0 Å². The summed E-state index contributed by atoms with van der Waals surface area (Å²) in [6, 6.07) is -0.514. The third-order valence-corrected chi connectivity index (χ3v) is 4.76. The quantitative estimate of drug-likeness (QED) is 0.730. The highest BCUT2D eigenvalue weighted by molar-refractivity contribution is 7.98. The highest BCUT2D eigenvalue weighted by Gasteiger charge is 2.46. The second kappa shape index (κ2) is 6.83. The monoisotopic (exact) mass is 298 g/mol. The minimum Gasteiger partial charge on any atom is -0.342 e. The van der Waals surface area contributed by atoms with Crippen molar-refractivity contribution < 1.29 is 9.59 Å². The molecule has 1 saturated heterocycles. The number of carbonyl (C=O) groups is 2. The van der Waals surface area contributed by atoms with Gasteiger partial charge in [-0.3, -0.25) is 9.59 Å². The van der Waals surface area contributed by atoms with Gasteiger partial charge < -0.3 is 10.2 Å². The molecule has 1 heterocycles. The average molecular weight is 298 g/mol. The standard InChI is InChI=1S/C15H26N2O2S/c1-10(2)9-12-14(18)16-13(11-5-6-11)15(19)17(12)7-4-8-20-3/h10-13H,4-9H2,1-3H3,(H,16,18). The zero-order chi connectivity index (χ0) is 14.7. The summed E-state index contributed by atoms with van der Waals surface area (Å²) in [5.41, 5.74) is 0. The Bertz CT molecular complexity index is 369. The number of carbonyl (C=O) groups excluding carboxylic acids is 2. The van der Waals surface area contributed by atoms with E-state index in [-0.39, 0.29) is 23.9 Å². The molecule has 0 aromatic carbocycles. The molecular formula is C15H26N2O2S. The van der Waals surface area contributed by atoms with Gasteiger partial charge in [-0.25, -0.2) is 0 Å². The molecule has 0 radical (unpaired) electrons. The molecule has 114 valence electrons. The predicted octanol–water partition coefficient (Wildman–Crippen LogP) is 1.89. The summed E-state index contributed by atoms with van der Waals surface area (Å²) < 4.78 is 0. The van der Waals surface area contributed by atoms with Crippen molar-refractivity contribution in [1.82, 2.24) is 10.2 Å². The fourth-order valence-electron chi connectivity index (χ4n) is 2.86. The SMILES string of the molecule is CSCCCN1C(=O)C(C2CC2)NC(=O)C1CC(C)C. The van der Waals surface area contributed by atoms with Crippen LogP contribution >= 0.6 is 11.8 Å². The molecule has 0 aromatic heterocycles. The smallest absolute Gasteiger partial charge is 0.246 e. The highest BCUT2D eigenvalue weighted by atomic mass is 32.2. The van der Waals surface area contributed by atoms with Gasteiger partial charge in [-0.1, -0.05) is 13.8 Å². The minimum atomic E-state index is -0.264. The molecule has 2 atom stereocenters. The summed E-state index contributed by atoms with van der Waals surface area (Å²) in [5, 5.41) is 2.97. The van der Waals surface area contributed by atoms with Gasteiger partial charge in [-0.2, -0.15) is 11.8 Å². The lowest BCUT2D eigenvalue weighted by molar-refractivity contribution is -0.150. The normalized spacial score (nSPS) is 27.1. The Hall–Kier alpha value is -0.710. The molecule has 0 aromatic rings. The molecule has 0 spiro atoms. The second-order valence-electron chi connectivity index (χ2n) is 6.35. The van der Waals surface area contributed by atoms with Crippen molar-refractivity contribution >= 4 is 23.6 Å². The van der Waals surface area contributed by atoms with Gasteiger partial charge in [0.2, 0.25) is 11.8 Å². The third kappa shape index (κ3) is 3.68. The van der Waals surface area contributed by atoms with Crippen molar-refractivity contribution in [2.45, 2.75) is 51.6 Å². The van der Waals surface area contributed by atoms with Crippen LogP contribution in [0.5, 0.6) is 0 Å². The number of thioether (sulfide) groups is 1. The van der Waals surface area contributed by atoms with Crippen LogP contribution in [0.2, 0.25) is 0 Å². The van der Waals surface area contributed by atoms with E-state index in [0.29, 0.717) is 18.4 Å². The number of nitrogens with one attached hydrogen (secondary N) is 1. The highest BCUT2D eigenvalue weighted by Crippen LogP contribution is 2.35. The van der Waals surface area contributed by atoms with Crippen molar-refractivity contribution in [3.63, 3.8) is 0 Å². The maximum atomic E-state index is 12.6. The van der Waals surface area contributed by atoms with Crippen LogP contribution in [0.1, 0.15) is 39.5 Å². The number of rotatable bonds is 7. The Labute approximate surface area is 126 Å². The molecule has 20 heavy (non-hydrogen) atoms. The van der Waals surface area contributed by atoms with Gasteiger partial charge in [-0.05, 0) is 49.5 Å². The van der Waals surface area contributed by atoms with Crippen LogP contribution in [0.25, 0.3) is 0 Å².